The maximum Gasteiger partial charge on any atom is 0.255 e. The second-order valence-electron chi connectivity index (χ2n) is 5.30. The van der Waals surface area contributed by atoms with Crippen LogP contribution in [0.5, 0.6) is 0 Å². The van der Waals surface area contributed by atoms with Gasteiger partial charge in [0.05, 0.1) is 24.5 Å². The molecule has 0 aliphatic carbocycles. The van der Waals surface area contributed by atoms with E-state index in [1.54, 1.807) is 13.0 Å². The molecule has 0 aliphatic heterocycles. The van der Waals surface area contributed by atoms with Crippen molar-refractivity contribution in [1.29, 1.82) is 0 Å². The van der Waals surface area contributed by atoms with Crippen molar-refractivity contribution in [2.45, 2.75) is 20.0 Å². The highest BCUT2D eigenvalue weighted by atomic mass is 16.3. The summed E-state index contributed by atoms with van der Waals surface area (Å²) in [4.78, 5) is 23.6. The van der Waals surface area contributed by atoms with Crippen LogP contribution in [0.3, 0.4) is 0 Å². The van der Waals surface area contributed by atoms with Gasteiger partial charge in [0.25, 0.3) is 5.91 Å². The van der Waals surface area contributed by atoms with E-state index in [0.717, 1.165) is 11.1 Å². The van der Waals surface area contributed by atoms with Crippen LogP contribution in [0.4, 0.5) is 0 Å². The molecule has 0 aliphatic rings. The van der Waals surface area contributed by atoms with Crippen LogP contribution < -0.4 is 10.6 Å². The van der Waals surface area contributed by atoms with Crippen molar-refractivity contribution in [2.75, 3.05) is 13.1 Å². The Bertz CT molecular complexity index is 676. The van der Waals surface area contributed by atoms with Crippen LogP contribution in [0.2, 0.25) is 0 Å². The molecule has 0 fully saturated rings. The molecule has 1 aromatic heterocycles. The first-order chi connectivity index (χ1) is 11.0. The van der Waals surface area contributed by atoms with E-state index in [1.165, 1.54) is 6.26 Å². The quantitative estimate of drug-likeness (QED) is 0.752. The average Bonchev–Trinajstić information content (AvgIpc) is 2.97. The van der Waals surface area contributed by atoms with Crippen molar-refractivity contribution < 1.29 is 19.1 Å². The first kappa shape index (κ1) is 16.8. The molecule has 3 N–H and O–H groups in total. The lowest BCUT2D eigenvalue weighted by Gasteiger charge is -2.13. The number of furan rings is 1. The normalized spacial score (nSPS) is 11.8. The van der Waals surface area contributed by atoms with Gasteiger partial charge in [-0.2, -0.15) is 0 Å². The second kappa shape index (κ2) is 7.60. The molecule has 0 saturated heterocycles. The summed E-state index contributed by atoms with van der Waals surface area (Å²) in [5.41, 5.74) is 2.23. The molecule has 1 aromatic carbocycles. The molecule has 23 heavy (non-hydrogen) atoms. The van der Waals surface area contributed by atoms with E-state index >= 15 is 0 Å². The smallest absolute Gasteiger partial charge is 0.255 e. The van der Waals surface area contributed by atoms with E-state index in [2.05, 4.69) is 10.6 Å². The molecular weight excluding hydrogens is 296 g/mol. The van der Waals surface area contributed by atoms with Gasteiger partial charge in [-0.1, -0.05) is 29.8 Å². The Labute approximate surface area is 134 Å². The van der Waals surface area contributed by atoms with Gasteiger partial charge >= 0.3 is 0 Å². The Morgan fingerprint density at radius 2 is 1.83 bits per heavy atom. The standard InChI is InChI=1S/C17H20N2O4/c1-11-3-5-13(6-4-11)15(20)9-18-16(21)10-19-17(22)14-7-8-23-12(14)2/h3-8,15,20H,9-10H2,1-2H3,(H,18,21)(H,19,22). The summed E-state index contributed by atoms with van der Waals surface area (Å²) >= 11 is 0. The van der Waals surface area contributed by atoms with Crippen LogP contribution in [0.1, 0.15) is 33.3 Å². The first-order valence-electron chi connectivity index (χ1n) is 7.31. The minimum Gasteiger partial charge on any atom is -0.469 e. The largest absolute Gasteiger partial charge is 0.469 e. The number of carbonyl (C=O) groups is 2. The second-order valence-corrected chi connectivity index (χ2v) is 5.30. The zero-order valence-corrected chi connectivity index (χ0v) is 13.1. The minimum atomic E-state index is -0.786. The van der Waals surface area contributed by atoms with Gasteiger partial charge in [-0.05, 0) is 25.5 Å². The van der Waals surface area contributed by atoms with E-state index in [-0.39, 0.29) is 24.9 Å². The summed E-state index contributed by atoms with van der Waals surface area (Å²) in [6, 6.07) is 8.97. The van der Waals surface area contributed by atoms with Crippen LogP contribution in [0.15, 0.2) is 41.0 Å². The first-order valence-corrected chi connectivity index (χ1v) is 7.31. The van der Waals surface area contributed by atoms with Gasteiger partial charge in [0.2, 0.25) is 5.91 Å². The molecule has 122 valence electrons. The highest BCUT2D eigenvalue weighted by Crippen LogP contribution is 2.12. The van der Waals surface area contributed by atoms with Crippen molar-refractivity contribution in [3.05, 3.63) is 59.0 Å². The summed E-state index contributed by atoms with van der Waals surface area (Å²) in [5.74, 6) is -0.242. The van der Waals surface area contributed by atoms with Crippen LogP contribution in [0.25, 0.3) is 0 Å². The molecular formula is C17H20N2O4. The lowest BCUT2D eigenvalue weighted by atomic mass is 10.1. The fraction of sp³-hybridized carbons (Fsp3) is 0.294. The zero-order valence-electron chi connectivity index (χ0n) is 13.1. The van der Waals surface area contributed by atoms with Crippen molar-refractivity contribution in [3.63, 3.8) is 0 Å². The predicted octanol–water partition coefficient (Wildman–Crippen LogP) is 1.48. The van der Waals surface area contributed by atoms with Gasteiger partial charge in [-0.3, -0.25) is 9.59 Å². The van der Waals surface area contributed by atoms with Crippen molar-refractivity contribution in [1.82, 2.24) is 10.6 Å². The Morgan fingerprint density at radius 1 is 1.13 bits per heavy atom. The molecule has 0 spiro atoms. The summed E-state index contributed by atoms with van der Waals surface area (Å²) in [5, 5.41) is 15.1. The van der Waals surface area contributed by atoms with Gasteiger partial charge in [0.15, 0.2) is 0 Å². The summed E-state index contributed by atoms with van der Waals surface area (Å²) < 4.78 is 5.03. The number of hydrogen-bond donors (Lipinski definition) is 3. The maximum absolute atomic E-state index is 11.8. The molecule has 2 rings (SSSR count). The van der Waals surface area contributed by atoms with Gasteiger partial charge in [-0.15, -0.1) is 0 Å². The number of nitrogens with one attached hydrogen (secondary N) is 2. The predicted molar refractivity (Wildman–Crippen MR) is 84.9 cm³/mol. The third kappa shape index (κ3) is 4.69. The van der Waals surface area contributed by atoms with E-state index in [9.17, 15) is 14.7 Å². The number of benzene rings is 1. The van der Waals surface area contributed by atoms with Crippen LogP contribution in [0, 0.1) is 13.8 Å². The average molecular weight is 316 g/mol. The molecule has 1 atom stereocenters. The number of hydrogen-bond acceptors (Lipinski definition) is 4. The number of aliphatic hydroxyl groups is 1. The van der Waals surface area contributed by atoms with Crippen molar-refractivity contribution in [3.8, 4) is 0 Å². The molecule has 6 nitrogen and oxygen atoms in total. The molecule has 0 bridgehead atoms. The third-order valence-electron chi connectivity index (χ3n) is 3.47. The van der Waals surface area contributed by atoms with Gasteiger partial charge in [0.1, 0.15) is 5.76 Å². The highest BCUT2D eigenvalue weighted by molar-refractivity contribution is 5.97. The summed E-state index contributed by atoms with van der Waals surface area (Å²) in [6.07, 6.45) is 0.633. The van der Waals surface area contributed by atoms with Crippen molar-refractivity contribution >= 4 is 11.8 Å². The van der Waals surface area contributed by atoms with Crippen molar-refractivity contribution in [2.24, 2.45) is 0 Å². The molecule has 1 unspecified atom stereocenters. The fourth-order valence-corrected chi connectivity index (χ4v) is 2.06. The molecule has 2 amide bonds. The molecule has 0 saturated carbocycles. The SMILES string of the molecule is Cc1ccc(C(O)CNC(=O)CNC(=O)c2ccoc2C)cc1. The number of carbonyl (C=O) groups excluding carboxylic acids is 2. The molecule has 1 heterocycles. The molecule has 2 aromatic rings. The van der Waals surface area contributed by atoms with E-state index < -0.39 is 6.10 Å². The maximum atomic E-state index is 11.8. The summed E-state index contributed by atoms with van der Waals surface area (Å²) in [6.45, 7) is 3.56. The summed E-state index contributed by atoms with van der Waals surface area (Å²) in [7, 11) is 0. The van der Waals surface area contributed by atoms with Crippen LogP contribution in [-0.4, -0.2) is 30.0 Å². The highest BCUT2D eigenvalue weighted by Gasteiger charge is 2.13. The topological polar surface area (TPSA) is 91.6 Å². The zero-order chi connectivity index (χ0) is 16.8. The molecule has 0 radical (unpaired) electrons. The van der Waals surface area contributed by atoms with E-state index in [1.807, 2.05) is 31.2 Å². The van der Waals surface area contributed by atoms with Crippen LogP contribution >= 0.6 is 0 Å². The minimum absolute atomic E-state index is 0.0858. The number of aryl methyl sites for hydroxylation is 2. The fourth-order valence-electron chi connectivity index (χ4n) is 2.06. The Hall–Kier alpha value is -2.60. The van der Waals surface area contributed by atoms with E-state index in [4.69, 9.17) is 4.42 Å². The van der Waals surface area contributed by atoms with Crippen LogP contribution in [-0.2, 0) is 4.79 Å². The number of rotatable bonds is 6. The third-order valence-corrected chi connectivity index (χ3v) is 3.47. The number of aliphatic hydroxyl groups excluding tert-OH is 1. The monoisotopic (exact) mass is 316 g/mol. The lowest BCUT2D eigenvalue weighted by Crippen LogP contribution is -2.38. The number of amides is 2. The molecule has 6 heteroatoms. The Balaban J connectivity index is 1.76. The van der Waals surface area contributed by atoms with E-state index in [0.29, 0.717) is 11.3 Å². The van der Waals surface area contributed by atoms with Gasteiger partial charge in [0, 0.05) is 6.54 Å². The Kier molecular flexibility index (Phi) is 5.54. The lowest BCUT2D eigenvalue weighted by molar-refractivity contribution is -0.120. The van der Waals surface area contributed by atoms with Gasteiger partial charge < -0.3 is 20.2 Å². The van der Waals surface area contributed by atoms with Gasteiger partial charge in [-0.25, -0.2) is 0 Å². The Morgan fingerprint density at radius 3 is 2.43 bits per heavy atom.